The van der Waals surface area contributed by atoms with Crippen LogP contribution in [0.2, 0.25) is 0 Å². The number of thiazole rings is 1. The molecule has 2 aromatic carbocycles. The Kier molecular flexibility index (Phi) is 7.60. The van der Waals surface area contributed by atoms with Crippen LogP contribution in [0.4, 0.5) is 22.7 Å². The number of rotatable bonds is 9. The van der Waals surface area contributed by atoms with Crippen LogP contribution in [0.25, 0.3) is 21.2 Å². The molecule has 4 aromatic rings. The first-order chi connectivity index (χ1) is 16.7. The Morgan fingerprint density at radius 2 is 1.80 bits per heavy atom. The number of ether oxygens (including phenoxy) is 2. The molecule has 0 amide bonds. The van der Waals surface area contributed by atoms with Gasteiger partial charge in [0, 0.05) is 37.5 Å². The van der Waals surface area contributed by atoms with Crippen LogP contribution in [0.15, 0.2) is 60.9 Å². The highest BCUT2D eigenvalue weighted by atomic mass is 32.1. The highest BCUT2D eigenvalue weighted by Crippen LogP contribution is 2.33. The van der Waals surface area contributed by atoms with E-state index in [-0.39, 0.29) is 13.3 Å². The van der Waals surface area contributed by atoms with E-state index in [0.29, 0.717) is 10.7 Å². The number of hydrogen-bond donors (Lipinski definition) is 2. The molecule has 0 fully saturated rings. The van der Waals surface area contributed by atoms with Crippen molar-refractivity contribution in [3.8, 4) is 10.4 Å². The minimum atomic E-state index is -4.43. The summed E-state index contributed by atoms with van der Waals surface area (Å²) < 4.78 is 62.8. The molecule has 2 aromatic heterocycles. The fraction of sp³-hybridized carbons (Fsp3) is 0.250. The van der Waals surface area contributed by atoms with Gasteiger partial charge in [-0.1, -0.05) is 35.6 Å². The predicted octanol–water partition coefficient (Wildman–Crippen LogP) is 5.62. The Labute approximate surface area is 202 Å². The Balaban J connectivity index is 1.45. The lowest BCUT2D eigenvalue weighted by Crippen LogP contribution is -2.37. The third-order valence-corrected chi connectivity index (χ3v) is 6.29. The molecule has 3 N–H and O–H groups in total. The van der Waals surface area contributed by atoms with Gasteiger partial charge in [0.15, 0.2) is 5.13 Å². The van der Waals surface area contributed by atoms with E-state index in [0.717, 1.165) is 33.3 Å². The topological polar surface area (TPSA) is 82.3 Å². The molecule has 2 heterocycles. The van der Waals surface area contributed by atoms with Crippen molar-refractivity contribution in [2.24, 2.45) is 5.73 Å². The monoisotopic (exact) mass is 506 g/mol. The molecule has 11 heteroatoms. The first-order valence-corrected chi connectivity index (χ1v) is 11.3. The summed E-state index contributed by atoms with van der Waals surface area (Å²) in [5.41, 5.74) is 6.96. The van der Waals surface area contributed by atoms with Gasteiger partial charge in [-0.15, -0.1) is 0 Å². The molecule has 0 spiro atoms. The van der Waals surface area contributed by atoms with Crippen LogP contribution >= 0.6 is 11.3 Å². The average Bonchev–Trinajstić information content (AvgIpc) is 3.31. The van der Waals surface area contributed by atoms with Crippen LogP contribution in [-0.2, 0) is 15.7 Å². The van der Waals surface area contributed by atoms with Crippen LogP contribution in [0.5, 0.6) is 0 Å². The molecule has 0 aliphatic carbocycles. The zero-order chi connectivity index (χ0) is 25.0. The summed E-state index contributed by atoms with van der Waals surface area (Å²) in [4.78, 5) is 8.90. The largest absolute Gasteiger partial charge is 0.416 e. The molecule has 6 nitrogen and oxygen atoms in total. The maximum absolute atomic E-state index is 13.5. The van der Waals surface area contributed by atoms with Gasteiger partial charge >= 0.3 is 6.18 Å². The van der Waals surface area contributed by atoms with Crippen molar-refractivity contribution < 1.29 is 27.0 Å². The summed E-state index contributed by atoms with van der Waals surface area (Å²) >= 11 is 1.39. The Hall–Kier alpha value is -3.12. The highest BCUT2D eigenvalue weighted by molar-refractivity contribution is 7.18. The number of fused-ring (bicyclic) bond motifs is 1. The SMILES string of the molecule is COCOC(c1ccc(C(F)(F)F)cc1)C(N)CNc1ncc(-c2ccc3cnc(F)cc3c2)s1. The van der Waals surface area contributed by atoms with Crippen LogP contribution in [0.1, 0.15) is 17.2 Å². The van der Waals surface area contributed by atoms with Gasteiger partial charge in [-0.05, 0) is 34.7 Å². The molecule has 0 aliphatic heterocycles. The third-order valence-electron chi connectivity index (χ3n) is 5.29. The molecule has 0 aliphatic rings. The van der Waals surface area contributed by atoms with E-state index in [1.165, 1.54) is 42.8 Å². The van der Waals surface area contributed by atoms with Crippen molar-refractivity contribution in [3.05, 3.63) is 78.0 Å². The lowest BCUT2D eigenvalue weighted by molar-refractivity contribution is -0.137. The Morgan fingerprint density at radius 1 is 1.03 bits per heavy atom. The first-order valence-electron chi connectivity index (χ1n) is 10.5. The third kappa shape index (κ3) is 6.12. The number of pyridine rings is 1. The number of hydrogen-bond acceptors (Lipinski definition) is 7. The lowest BCUT2D eigenvalue weighted by atomic mass is 10.0. The van der Waals surface area contributed by atoms with Crippen molar-refractivity contribution in [1.29, 1.82) is 0 Å². The van der Waals surface area contributed by atoms with E-state index in [2.05, 4.69) is 15.3 Å². The van der Waals surface area contributed by atoms with Gasteiger partial charge in [-0.25, -0.2) is 9.97 Å². The van der Waals surface area contributed by atoms with Gasteiger partial charge in [0.05, 0.1) is 16.5 Å². The number of benzene rings is 2. The van der Waals surface area contributed by atoms with E-state index < -0.39 is 29.8 Å². The number of methoxy groups -OCH3 is 1. The van der Waals surface area contributed by atoms with Crippen LogP contribution in [0.3, 0.4) is 0 Å². The molecule has 184 valence electrons. The number of nitrogens with two attached hydrogens (primary N) is 1. The Bertz CT molecular complexity index is 1280. The quantitative estimate of drug-likeness (QED) is 0.174. The second-order valence-electron chi connectivity index (χ2n) is 7.76. The number of aromatic nitrogens is 2. The number of nitrogens with one attached hydrogen (secondary N) is 1. The minimum Gasteiger partial charge on any atom is -0.360 e. The van der Waals surface area contributed by atoms with Gasteiger partial charge in [0.1, 0.15) is 12.9 Å². The molecule has 0 saturated heterocycles. The van der Waals surface area contributed by atoms with E-state index in [9.17, 15) is 17.6 Å². The zero-order valence-corrected chi connectivity index (χ0v) is 19.4. The molecular weight excluding hydrogens is 484 g/mol. The maximum Gasteiger partial charge on any atom is 0.416 e. The summed E-state index contributed by atoms with van der Waals surface area (Å²) in [6, 6.07) is 11.1. The van der Waals surface area contributed by atoms with Crippen LogP contribution in [-0.4, -0.2) is 36.5 Å². The first kappa shape index (κ1) is 25.0. The normalized spacial score (nSPS) is 13.7. The van der Waals surface area contributed by atoms with E-state index in [4.69, 9.17) is 15.2 Å². The smallest absolute Gasteiger partial charge is 0.360 e. The summed E-state index contributed by atoms with van der Waals surface area (Å²) in [6.45, 7) is 0.176. The molecule has 4 rings (SSSR count). The fourth-order valence-electron chi connectivity index (χ4n) is 3.54. The van der Waals surface area contributed by atoms with Gasteiger partial charge in [-0.3, -0.25) is 0 Å². The highest BCUT2D eigenvalue weighted by Gasteiger charge is 2.31. The molecular formula is C24H22F4N4O2S. The van der Waals surface area contributed by atoms with Crippen LogP contribution in [0, 0.1) is 5.95 Å². The van der Waals surface area contributed by atoms with E-state index in [1.54, 1.807) is 6.20 Å². The number of anilines is 1. The summed E-state index contributed by atoms with van der Waals surface area (Å²) in [5.74, 6) is -0.548. The predicted molar refractivity (Wildman–Crippen MR) is 126 cm³/mol. The van der Waals surface area contributed by atoms with E-state index in [1.807, 2.05) is 18.2 Å². The van der Waals surface area contributed by atoms with E-state index >= 15 is 0 Å². The second kappa shape index (κ2) is 10.6. The number of alkyl halides is 3. The second-order valence-corrected chi connectivity index (χ2v) is 8.79. The van der Waals surface area contributed by atoms with Crippen molar-refractivity contribution >= 4 is 27.2 Å². The molecule has 0 saturated carbocycles. The summed E-state index contributed by atoms with van der Waals surface area (Å²) in [7, 11) is 1.45. The van der Waals surface area contributed by atoms with Crippen molar-refractivity contribution in [3.63, 3.8) is 0 Å². The molecule has 35 heavy (non-hydrogen) atoms. The number of nitrogens with zero attached hydrogens (tertiary/aromatic N) is 2. The minimum absolute atomic E-state index is 0.0706. The maximum atomic E-state index is 13.5. The molecule has 0 bridgehead atoms. The van der Waals surface area contributed by atoms with Crippen molar-refractivity contribution in [2.75, 3.05) is 25.8 Å². The van der Waals surface area contributed by atoms with Crippen LogP contribution < -0.4 is 11.1 Å². The summed E-state index contributed by atoms with van der Waals surface area (Å²) in [6.07, 6.45) is -1.95. The summed E-state index contributed by atoms with van der Waals surface area (Å²) in [5, 5.41) is 5.32. The van der Waals surface area contributed by atoms with Gasteiger partial charge in [0.2, 0.25) is 5.95 Å². The van der Waals surface area contributed by atoms with Gasteiger partial charge in [-0.2, -0.15) is 17.6 Å². The Morgan fingerprint density at radius 3 is 2.51 bits per heavy atom. The fourth-order valence-corrected chi connectivity index (χ4v) is 4.36. The van der Waals surface area contributed by atoms with Crippen molar-refractivity contribution in [2.45, 2.75) is 18.3 Å². The van der Waals surface area contributed by atoms with Gasteiger partial charge in [0.25, 0.3) is 0 Å². The number of halogens is 4. The standard InChI is InChI=1S/C24H22F4N4O2S/c1-33-13-34-22(14-4-6-18(7-5-14)24(26,27)28)19(29)11-31-23-32-12-20(35-23)15-2-3-16-10-30-21(25)9-17(16)8-15/h2-10,12,19,22H,11,13,29H2,1H3,(H,31,32). The molecule has 0 radical (unpaired) electrons. The lowest BCUT2D eigenvalue weighted by Gasteiger charge is -2.25. The molecule has 2 atom stereocenters. The average molecular weight is 507 g/mol. The van der Waals surface area contributed by atoms with Crippen molar-refractivity contribution in [1.82, 2.24) is 9.97 Å². The molecule has 2 unspecified atom stereocenters. The van der Waals surface area contributed by atoms with Gasteiger partial charge < -0.3 is 20.5 Å². The zero-order valence-electron chi connectivity index (χ0n) is 18.6.